The Morgan fingerprint density at radius 2 is 2.00 bits per heavy atom. The van der Waals surface area contributed by atoms with Crippen LogP contribution in [0.4, 0.5) is 11.6 Å². The molecule has 3 heterocycles. The largest absolute Gasteiger partial charge is 0.342 e. The Kier molecular flexibility index (Phi) is 8.10. The van der Waals surface area contributed by atoms with Gasteiger partial charge in [0.2, 0.25) is 11.9 Å². The maximum absolute atomic E-state index is 12.8. The third kappa shape index (κ3) is 5.75. The van der Waals surface area contributed by atoms with Gasteiger partial charge < -0.3 is 10.2 Å². The fourth-order valence-corrected chi connectivity index (χ4v) is 7.76. The molecule has 1 amide bonds. The Labute approximate surface area is 241 Å². The van der Waals surface area contributed by atoms with Crippen molar-refractivity contribution in [1.29, 1.82) is 0 Å². The van der Waals surface area contributed by atoms with E-state index in [2.05, 4.69) is 26.5 Å². The molecule has 39 heavy (non-hydrogen) atoms. The highest BCUT2D eigenvalue weighted by Gasteiger charge is 2.46. The minimum Gasteiger partial charge on any atom is -0.342 e. The molecule has 1 saturated carbocycles. The van der Waals surface area contributed by atoms with Gasteiger partial charge in [-0.05, 0) is 70.1 Å². The smallest absolute Gasteiger partial charge is 0.247 e. The van der Waals surface area contributed by atoms with Gasteiger partial charge >= 0.3 is 0 Å². The predicted octanol–water partition coefficient (Wildman–Crippen LogP) is 5.85. The van der Waals surface area contributed by atoms with Gasteiger partial charge in [0, 0.05) is 42.6 Å². The predicted molar refractivity (Wildman–Crippen MR) is 160 cm³/mol. The van der Waals surface area contributed by atoms with Crippen LogP contribution in [0.5, 0.6) is 0 Å². The van der Waals surface area contributed by atoms with Gasteiger partial charge in [-0.1, -0.05) is 42.4 Å². The molecular formula is C28H35ClN6O2S2. The molecule has 2 atom stereocenters. The molecule has 1 unspecified atom stereocenters. The van der Waals surface area contributed by atoms with E-state index in [-0.39, 0.29) is 22.1 Å². The highest BCUT2D eigenvalue weighted by atomic mass is 35.5. The average Bonchev–Trinajstić information content (AvgIpc) is 3.55. The number of fused-ring (bicyclic) bond motifs is 1. The van der Waals surface area contributed by atoms with E-state index in [0.29, 0.717) is 10.7 Å². The van der Waals surface area contributed by atoms with Crippen LogP contribution in [0.2, 0.25) is 5.02 Å². The molecule has 5 rings (SSSR count). The minimum absolute atomic E-state index is 0.185. The van der Waals surface area contributed by atoms with E-state index in [0.717, 1.165) is 53.7 Å². The maximum atomic E-state index is 12.8. The number of amides is 1. The zero-order chi connectivity index (χ0) is 27.8. The molecule has 2 fully saturated rings. The Hall–Kier alpha value is -2.40. The van der Waals surface area contributed by atoms with E-state index in [1.165, 1.54) is 30.7 Å². The lowest BCUT2D eigenvalue weighted by molar-refractivity contribution is -0.111. The first-order valence-corrected chi connectivity index (χ1v) is 15.6. The number of nitrogens with zero attached hydrogens (tertiary/aromatic N) is 4. The highest BCUT2D eigenvalue weighted by Crippen LogP contribution is 2.47. The molecule has 2 aromatic heterocycles. The zero-order valence-electron chi connectivity index (χ0n) is 22.6. The normalized spacial score (nSPS) is 19.9. The molecule has 1 saturated heterocycles. The summed E-state index contributed by atoms with van der Waals surface area (Å²) in [6.45, 7) is 11.4. The van der Waals surface area contributed by atoms with Crippen molar-refractivity contribution in [3.05, 3.63) is 54.5 Å². The molecule has 208 valence electrons. The summed E-state index contributed by atoms with van der Waals surface area (Å²) < 4.78 is 18.1. The van der Waals surface area contributed by atoms with E-state index >= 15 is 0 Å². The highest BCUT2D eigenvalue weighted by molar-refractivity contribution is 7.99. The standard InChI is InChI=1S/C28H35ClN6O2S2/c1-5-23(36)32-19-8-6-9-20(24(19)29)38-21-18-31-26(35-17-14-30-25(21)35)34-15-12-28(13-16-34)11-7-10-22(28)33-39(37)27(2,3)4/h5-6,8-9,14,17-18,22,33H,1,7,10-13,15-16H2,2-4H3,(H,32,36)/t22-,39?/m1/s1. The van der Waals surface area contributed by atoms with Crippen molar-refractivity contribution in [3.8, 4) is 0 Å². The molecule has 0 bridgehead atoms. The zero-order valence-corrected chi connectivity index (χ0v) is 25.0. The lowest BCUT2D eigenvalue weighted by atomic mass is 9.74. The average molecular weight is 587 g/mol. The van der Waals surface area contributed by atoms with Crippen LogP contribution in [0, 0.1) is 5.41 Å². The summed E-state index contributed by atoms with van der Waals surface area (Å²) in [7, 11) is -1.06. The number of imidazole rings is 1. The van der Waals surface area contributed by atoms with Crippen LogP contribution in [-0.4, -0.2) is 48.4 Å². The molecule has 1 aromatic carbocycles. The van der Waals surface area contributed by atoms with Crippen LogP contribution < -0.4 is 14.9 Å². The number of carbonyl (C=O) groups excluding carboxylic acids is 1. The summed E-state index contributed by atoms with van der Waals surface area (Å²) in [6.07, 6.45) is 12.3. The number of halogens is 1. The van der Waals surface area contributed by atoms with Crippen molar-refractivity contribution in [3.63, 3.8) is 0 Å². The van der Waals surface area contributed by atoms with Crippen LogP contribution >= 0.6 is 23.4 Å². The number of aromatic nitrogens is 3. The Morgan fingerprint density at radius 1 is 1.23 bits per heavy atom. The van der Waals surface area contributed by atoms with Crippen LogP contribution in [0.25, 0.3) is 5.65 Å². The van der Waals surface area contributed by atoms with Crippen LogP contribution in [0.15, 0.2) is 59.2 Å². The van der Waals surface area contributed by atoms with E-state index in [1.807, 2.05) is 49.7 Å². The molecule has 1 aliphatic carbocycles. The lowest BCUT2D eigenvalue weighted by Gasteiger charge is -2.44. The number of hydrogen-bond donors (Lipinski definition) is 2. The summed E-state index contributed by atoms with van der Waals surface area (Å²) in [6, 6.07) is 5.81. The third-order valence-corrected chi connectivity index (χ3v) is 11.0. The van der Waals surface area contributed by atoms with Crippen LogP contribution in [0.3, 0.4) is 0 Å². The molecule has 2 N–H and O–H groups in total. The Balaban J connectivity index is 1.33. The second-order valence-corrected chi connectivity index (χ2v) is 14.7. The minimum atomic E-state index is -1.06. The second kappa shape index (κ2) is 11.2. The number of benzene rings is 1. The topological polar surface area (TPSA) is 91.6 Å². The second-order valence-electron chi connectivity index (χ2n) is 11.2. The van der Waals surface area contributed by atoms with Crippen molar-refractivity contribution >= 4 is 57.5 Å². The van der Waals surface area contributed by atoms with Gasteiger partial charge in [0.1, 0.15) is 0 Å². The number of carbonyl (C=O) groups is 1. The molecule has 1 aliphatic heterocycles. The molecule has 11 heteroatoms. The number of rotatable bonds is 7. The Morgan fingerprint density at radius 3 is 2.72 bits per heavy atom. The van der Waals surface area contributed by atoms with Crippen molar-refractivity contribution in [2.24, 2.45) is 5.41 Å². The molecular weight excluding hydrogens is 552 g/mol. The molecule has 3 aromatic rings. The van der Waals surface area contributed by atoms with Gasteiger partial charge in [-0.3, -0.25) is 9.20 Å². The van der Waals surface area contributed by atoms with Gasteiger partial charge in [0.15, 0.2) is 5.65 Å². The van der Waals surface area contributed by atoms with Gasteiger partial charge in [0.05, 0.1) is 31.3 Å². The van der Waals surface area contributed by atoms with Crippen molar-refractivity contribution in [1.82, 2.24) is 19.1 Å². The quantitative estimate of drug-likeness (QED) is 0.338. The molecule has 2 aliphatic rings. The monoisotopic (exact) mass is 586 g/mol. The summed E-state index contributed by atoms with van der Waals surface area (Å²) in [4.78, 5) is 25.3. The van der Waals surface area contributed by atoms with E-state index < -0.39 is 11.0 Å². The van der Waals surface area contributed by atoms with E-state index in [9.17, 15) is 9.00 Å². The van der Waals surface area contributed by atoms with Crippen LogP contribution in [-0.2, 0) is 15.8 Å². The fraction of sp³-hybridized carbons (Fsp3) is 0.464. The van der Waals surface area contributed by atoms with E-state index in [1.54, 1.807) is 12.3 Å². The third-order valence-electron chi connectivity index (χ3n) is 7.75. The van der Waals surface area contributed by atoms with Gasteiger partial charge in [0.25, 0.3) is 0 Å². The first-order valence-electron chi connectivity index (χ1n) is 13.3. The van der Waals surface area contributed by atoms with Crippen LogP contribution in [0.1, 0.15) is 52.9 Å². The lowest BCUT2D eigenvalue weighted by Crippen LogP contribution is -2.51. The summed E-state index contributed by atoms with van der Waals surface area (Å²) in [5.74, 6) is 0.562. The fourth-order valence-electron chi connectivity index (χ4n) is 5.56. The van der Waals surface area contributed by atoms with Crippen molar-refractivity contribution in [2.45, 2.75) is 73.5 Å². The summed E-state index contributed by atoms with van der Waals surface area (Å²) in [5, 5.41) is 3.20. The molecule has 0 radical (unpaired) electrons. The van der Waals surface area contributed by atoms with Gasteiger partial charge in [-0.25, -0.2) is 18.9 Å². The first-order chi connectivity index (χ1) is 18.6. The van der Waals surface area contributed by atoms with Crippen molar-refractivity contribution in [2.75, 3.05) is 23.3 Å². The summed E-state index contributed by atoms with van der Waals surface area (Å²) in [5.41, 5.74) is 1.52. The Bertz CT molecular complexity index is 1410. The first kappa shape index (κ1) is 28.1. The van der Waals surface area contributed by atoms with E-state index in [4.69, 9.17) is 16.6 Å². The van der Waals surface area contributed by atoms with Gasteiger partial charge in [-0.2, -0.15) is 0 Å². The number of nitrogens with one attached hydrogen (secondary N) is 2. The number of hydrogen-bond acceptors (Lipinski definition) is 6. The molecule has 8 nitrogen and oxygen atoms in total. The number of anilines is 2. The SMILES string of the molecule is C=CC(=O)Nc1cccc(Sc2cnc(N3CCC4(CCC[C@H]4NS(=O)C(C)(C)C)CC3)n3ccnc23)c1Cl. The molecule has 1 spiro atoms. The number of piperidine rings is 1. The summed E-state index contributed by atoms with van der Waals surface area (Å²) >= 11 is 8.08. The van der Waals surface area contributed by atoms with Gasteiger partial charge in [-0.15, -0.1) is 0 Å². The maximum Gasteiger partial charge on any atom is 0.247 e. The van der Waals surface area contributed by atoms with Crippen molar-refractivity contribution < 1.29 is 9.00 Å².